The number of fused-ring (bicyclic) bond motifs is 1. The monoisotopic (exact) mass is 541 g/mol. The highest BCUT2D eigenvalue weighted by atomic mass is 16.5. The Hall–Kier alpha value is -4.12. The molecule has 5 heterocycles. The van der Waals surface area contributed by atoms with Crippen molar-refractivity contribution in [2.45, 2.75) is 39.8 Å². The quantitative estimate of drug-likeness (QED) is 0.349. The fraction of sp³-hybridized carbons (Fsp3) is 0.448. The van der Waals surface area contributed by atoms with Crippen molar-refractivity contribution >= 4 is 17.4 Å². The molecule has 0 radical (unpaired) electrons. The number of amides is 1. The molecule has 2 aliphatic rings. The minimum atomic E-state index is 0.0713. The van der Waals surface area contributed by atoms with Gasteiger partial charge in [-0.15, -0.1) is 5.10 Å². The van der Waals surface area contributed by atoms with Crippen LogP contribution in [0.15, 0.2) is 36.4 Å². The summed E-state index contributed by atoms with van der Waals surface area (Å²) in [6, 6.07) is 12.5. The SMILES string of the molecule is Cc1nc2nc(C)c(O[C@@H]3CCN(c4ccc(-c5ccc(CN6CC(C(=O)N(C)C)C6)nn5)cc4)C3)c(C)n2n1. The highest BCUT2D eigenvalue weighted by Gasteiger charge is 2.33. The minimum Gasteiger partial charge on any atom is -0.485 e. The van der Waals surface area contributed by atoms with Gasteiger partial charge in [-0.3, -0.25) is 9.69 Å². The standard InChI is InChI=1S/C29H35N9O2/c1-18-27(19(2)38-29(30-18)31-20(3)34-38)40-25-12-13-37(17-25)24-9-6-21(7-10-24)26-11-8-23(32-33-26)16-36-14-22(15-36)28(39)35(4)5/h6-11,22,25H,12-17H2,1-5H3/t25-/m1/s1. The van der Waals surface area contributed by atoms with Gasteiger partial charge < -0.3 is 14.5 Å². The van der Waals surface area contributed by atoms with E-state index >= 15 is 0 Å². The molecule has 2 fully saturated rings. The maximum Gasteiger partial charge on any atom is 0.253 e. The molecule has 1 amide bonds. The van der Waals surface area contributed by atoms with Crippen LogP contribution < -0.4 is 9.64 Å². The van der Waals surface area contributed by atoms with Crippen molar-refractivity contribution in [1.82, 2.24) is 39.6 Å². The molecule has 6 rings (SSSR count). The van der Waals surface area contributed by atoms with Crippen molar-refractivity contribution in [3.05, 3.63) is 59.3 Å². The molecule has 1 aromatic carbocycles. The van der Waals surface area contributed by atoms with Gasteiger partial charge in [0, 0.05) is 57.9 Å². The van der Waals surface area contributed by atoms with E-state index in [0.717, 1.165) is 72.4 Å². The topological polar surface area (TPSA) is 105 Å². The van der Waals surface area contributed by atoms with Gasteiger partial charge in [-0.25, -0.2) is 4.98 Å². The van der Waals surface area contributed by atoms with Crippen LogP contribution in [0.25, 0.3) is 17.0 Å². The lowest BCUT2D eigenvalue weighted by Gasteiger charge is -2.38. The molecule has 11 heteroatoms. The van der Waals surface area contributed by atoms with Crippen molar-refractivity contribution in [2.24, 2.45) is 5.92 Å². The molecule has 3 aromatic heterocycles. The predicted molar refractivity (Wildman–Crippen MR) is 151 cm³/mol. The van der Waals surface area contributed by atoms with Gasteiger partial charge >= 0.3 is 0 Å². The van der Waals surface area contributed by atoms with E-state index in [1.54, 1.807) is 23.5 Å². The first-order chi connectivity index (χ1) is 19.2. The summed E-state index contributed by atoms with van der Waals surface area (Å²) in [4.78, 5) is 27.2. The third-order valence-electron chi connectivity index (χ3n) is 7.75. The van der Waals surface area contributed by atoms with E-state index in [9.17, 15) is 4.79 Å². The first-order valence-electron chi connectivity index (χ1n) is 13.7. The number of hydrogen-bond donors (Lipinski definition) is 0. The lowest BCUT2D eigenvalue weighted by Crippen LogP contribution is -2.52. The van der Waals surface area contributed by atoms with E-state index in [-0.39, 0.29) is 17.9 Å². The van der Waals surface area contributed by atoms with Crippen molar-refractivity contribution in [3.63, 3.8) is 0 Å². The fourth-order valence-electron chi connectivity index (χ4n) is 5.55. The molecule has 0 aliphatic carbocycles. The largest absolute Gasteiger partial charge is 0.485 e. The van der Waals surface area contributed by atoms with Crippen LogP contribution in [0.2, 0.25) is 0 Å². The van der Waals surface area contributed by atoms with Gasteiger partial charge in [-0.05, 0) is 45.0 Å². The molecule has 1 atom stereocenters. The summed E-state index contributed by atoms with van der Waals surface area (Å²) < 4.78 is 8.20. The van der Waals surface area contributed by atoms with Crippen LogP contribution >= 0.6 is 0 Å². The molecule has 208 valence electrons. The molecule has 2 saturated heterocycles. The molecule has 0 unspecified atom stereocenters. The van der Waals surface area contributed by atoms with Gasteiger partial charge in [0.2, 0.25) is 5.91 Å². The van der Waals surface area contributed by atoms with Crippen LogP contribution in [-0.4, -0.2) is 91.9 Å². The van der Waals surface area contributed by atoms with E-state index in [0.29, 0.717) is 18.1 Å². The number of carbonyl (C=O) groups excluding carboxylic acids is 1. The summed E-state index contributed by atoms with van der Waals surface area (Å²) in [5.41, 5.74) is 5.71. The van der Waals surface area contributed by atoms with Gasteiger partial charge in [0.15, 0.2) is 5.75 Å². The third kappa shape index (κ3) is 5.08. The van der Waals surface area contributed by atoms with Gasteiger partial charge in [-0.2, -0.15) is 19.7 Å². The Labute approximate surface area is 233 Å². The van der Waals surface area contributed by atoms with Gasteiger partial charge in [0.25, 0.3) is 5.78 Å². The Balaban J connectivity index is 1.05. The Morgan fingerprint density at radius 1 is 1.00 bits per heavy atom. The van der Waals surface area contributed by atoms with Crippen molar-refractivity contribution in [2.75, 3.05) is 45.2 Å². The number of hydrogen-bond acceptors (Lipinski definition) is 9. The zero-order chi connectivity index (χ0) is 28.0. The molecular formula is C29H35N9O2. The summed E-state index contributed by atoms with van der Waals surface area (Å²) in [6.45, 7) is 9.82. The van der Waals surface area contributed by atoms with Gasteiger partial charge in [0.05, 0.1) is 35.2 Å². The van der Waals surface area contributed by atoms with Gasteiger partial charge in [-0.1, -0.05) is 12.1 Å². The number of aromatic nitrogens is 6. The van der Waals surface area contributed by atoms with E-state index in [4.69, 9.17) is 4.74 Å². The second kappa shape index (κ2) is 10.5. The molecule has 2 aliphatic heterocycles. The average Bonchev–Trinajstić information content (AvgIpc) is 3.54. The Bertz CT molecular complexity index is 1530. The molecule has 11 nitrogen and oxygen atoms in total. The van der Waals surface area contributed by atoms with Crippen LogP contribution in [0.4, 0.5) is 5.69 Å². The zero-order valence-electron chi connectivity index (χ0n) is 23.7. The Kier molecular flexibility index (Phi) is 6.83. The minimum absolute atomic E-state index is 0.0713. The van der Waals surface area contributed by atoms with Crippen molar-refractivity contribution in [1.29, 1.82) is 0 Å². The Morgan fingerprint density at radius 3 is 2.48 bits per heavy atom. The zero-order valence-corrected chi connectivity index (χ0v) is 23.7. The van der Waals surface area contributed by atoms with E-state index in [1.165, 1.54) is 0 Å². The number of rotatable bonds is 7. The smallest absolute Gasteiger partial charge is 0.253 e. The highest BCUT2D eigenvalue weighted by Crippen LogP contribution is 2.29. The molecule has 0 bridgehead atoms. The number of nitrogens with zero attached hydrogens (tertiary/aromatic N) is 9. The molecule has 0 spiro atoms. The summed E-state index contributed by atoms with van der Waals surface area (Å²) in [5.74, 6) is 2.38. The lowest BCUT2D eigenvalue weighted by molar-refractivity contribution is -0.138. The van der Waals surface area contributed by atoms with Gasteiger partial charge in [0.1, 0.15) is 11.9 Å². The average molecular weight is 542 g/mol. The molecular weight excluding hydrogens is 506 g/mol. The summed E-state index contributed by atoms with van der Waals surface area (Å²) >= 11 is 0. The first-order valence-corrected chi connectivity index (χ1v) is 13.7. The summed E-state index contributed by atoms with van der Waals surface area (Å²) in [7, 11) is 3.61. The van der Waals surface area contributed by atoms with Crippen molar-refractivity contribution in [3.8, 4) is 17.0 Å². The van der Waals surface area contributed by atoms with E-state index < -0.39 is 0 Å². The van der Waals surface area contributed by atoms with Crippen LogP contribution in [0.3, 0.4) is 0 Å². The normalized spacial score (nSPS) is 17.8. The maximum atomic E-state index is 12.0. The summed E-state index contributed by atoms with van der Waals surface area (Å²) in [6.07, 6.45) is 1.00. The molecule has 4 aromatic rings. The number of ether oxygens (including phenoxy) is 1. The summed E-state index contributed by atoms with van der Waals surface area (Å²) in [5, 5.41) is 13.4. The lowest BCUT2D eigenvalue weighted by atomic mass is 9.98. The molecule has 40 heavy (non-hydrogen) atoms. The predicted octanol–water partition coefficient (Wildman–Crippen LogP) is 2.68. The van der Waals surface area contributed by atoms with E-state index in [2.05, 4.69) is 59.3 Å². The number of carbonyl (C=O) groups is 1. The highest BCUT2D eigenvalue weighted by molar-refractivity contribution is 5.79. The van der Waals surface area contributed by atoms with E-state index in [1.807, 2.05) is 32.9 Å². The number of anilines is 1. The van der Waals surface area contributed by atoms with Crippen LogP contribution in [0, 0.1) is 26.7 Å². The third-order valence-corrected chi connectivity index (χ3v) is 7.75. The number of benzene rings is 1. The maximum absolute atomic E-state index is 12.0. The first kappa shape index (κ1) is 26.1. The second-order valence-corrected chi connectivity index (χ2v) is 11.0. The number of aryl methyl sites for hydroxylation is 3. The molecule has 0 saturated carbocycles. The Morgan fingerprint density at radius 2 is 1.77 bits per heavy atom. The van der Waals surface area contributed by atoms with Crippen LogP contribution in [-0.2, 0) is 11.3 Å². The van der Waals surface area contributed by atoms with Crippen LogP contribution in [0.1, 0.15) is 29.3 Å². The fourth-order valence-corrected chi connectivity index (χ4v) is 5.55. The second-order valence-electron chi connectivity index (χ2n) is 11.0. The van der Waals surface area contributed by atoms with Crippen molar-refractivity contribution < 1.29 is 9.53 Å². The number of likely N-dealkylation sites (tertiary alicyclic amines) is 1. The molecule has 0 N–H and O–H groups in total. The van der Waals surface area contributed by atoms with Crippen LogP contribution in [0.5, 0.6) is 5.75 Å².